The first kappa shape index (κ1) is 18.0. The lowest BCUT2D eigenvalue weighted by Crippen LogP contribution is -3.19. The third-order valence-electron chi connectivity index (χ3n) is 5.50. The molecule has 4 rings (SSSR count). The topological polar surface area (TPSA) is 45.1 Å². The molecular weight excluding hydrogens is 362 g/mol. The van der Waals surface area contributed by atoms with E-state index in [9.17, 15) is 9.59 Å². The van der Waals surface area contributed by atoms with Gasteiger partial charge in [-0.05, 0) is 23.8 Å². The molecule has 2 aromatic rings. The molecule has 27 heavy (non-hydrogen) atoms. The zero-order valence-electron chi connectivity index (χ0n) is 15.1. The van der Waals surface area contributed by atoms with Crippen molar-refractivity contribution in [3.05, 3.63) is 65.2 Å². The molecular formula is C21H23ClN3O2+. The number of imide groups is 1. The number of carbonyl (C=O) groups excluding carboxylic acids is 2. The number of piperazine rings is 1. The van der Waals surface area contributed by atoms with Crippen molar-refractivity contribution < 1.29 is 14.5 Å². The minimum Gasteiger partial charge on any atom is -0.360 e. The van der Waals surface area contributed by atoms with Crippen LogP contribution in [0.4, 0.5) is 5.69 Å². The molecule has 0 aliphatic carbocycles. The number of hydrogen-bond donors (Lipinski definition) is 1. The Balaban J connectivity index is 1.38. The fraction of sp³-hybridized carbons (Fsp3) is 0.333. The SMILES string of the molecule is O=C1C[C@@H]([NH+]2CCN(c3cccc(Cl)c3)CC2)C(=O)N1Cc1ccccc1. The molecule has 0 spiro atoms. The predicted molar refractivity (Wildman–Crippen MR) is 105 cm³/mol. The summed E-state index contributed by atoms with van der Waals surface area (Å²) in [5.41, 5.74) is 2.10. The van der Waals surface area contributed by atoms with Gasteiger partial charge < -0.3 is 9.80 Å². The molecule has 1 N–H and O–H groups in total. The van der Waals surface area contributed by atoms with Gasteiger partial charge in [0.2, 0.25) is 5.91 Å². The van der Waals surface area contributed by atoms with E-state index in [4.69, 9.17) is 11.6 Å². The molecule has 1 atom stereocenters. The van der Waals surface area contributed by atoms with Crippen LogP contribution in [0.15, 0.2) is 54.6 Å². The van der Waals surface area contributed by atoms with Crippen molar-refractivity contribution in [2.24, 2.45) is 0 Å². The summed E-state index contributed by atoms with van der Waals surface area (Å²) >= 11 is 6.09. The predicted octanol–water partition coefficient (Wildman–Crippen LogP) is 1.37. The lowest BCUT2D eigenvalue weighted by atomic mass is 10.1. The van der Waals surface area contributed by atoms with E-state index in [1.807, 2.05) is 48.5 Å². The number of carbonyl (C=O) groups is 2. The number of halogens is 1. The summed E-state index contributed by atoms with van der Waals surface area (Å²) < 4.78 is 0. The van der Waals surface area contributed by atoms with Crippen LogP contribution in [-0.4, -0.2) is 48.9 Å². The zero-order valence-corrected chi connectivity index (χ0v) is 15.9. The molecule has 0 radical (unpaired) electrons. The maximum Gasteiger partial charge on any atom is 0.288 e. The van der Waals surface area contributed by atoms with E-state index in [1.165, 1.54) is 9.80 Å². The summed E-state index contributed by atoms with van der Waals surface area (Å²) in [6.07, 6.45) is 0.318. The van der Waals surface area contributed by atoms with Crippen LogP contribution in [0.5, 0.6) is 0 Å². The van der Waals surface area contributed by atoms with Gasteiger partial charge in [-0.3, -0.25) is 14.5 Å². The van der Waals surface area contributed by atoms with Crippen LogP contribution in [0.3, 0.4) is 0 Å². The number of rotatable bonds is 4. The van der Waals surface area contributed by atoms with Crippen LogP contribution >= 0.6 is 11.6 Å². The van der Waals surface area contributed by atoms with Gasteiger partial charge in [-0.25, -0.2) is 0 Å². The lowest BCUT2D eigenvalue weighted by molar-refractivity contribution is -0.915. The summed E-state index contributed by atoms with van der Waals surface area (Å²) in [5.74, 6) is -0.0892. The smallest absolute Gasteiger partial charge is 0.288 e. The Bertz CT molecular complexity index is 834. The van der Waals surface area contributed by atoms with Gasteiger partial charge in [0.1, 0.15) is 0 Å². The number of nitrogens with zero attached hydrogens (tertiary/aromatic N) is 2. The van der Waals surface area contributed by atoms with Crippen LogP contribution in [0.25, 0.3) is 0 Å². The minimum absolute atomic E-state index is 0.0324. The molecule has 2 fully saturated rings. The molecule has 2 aliphatic rings. The van der Waals surface area contributed by atoms with Gasteiger partial charge in [0, 0.05) is 10.7 Å². The van der Waals surface area contributed by atoms with Crippen LogP contribution < -0.4 is 9.80 Å². The van der Waals surface area contributed by atoms with Gasteiger partial charge >= 0.3 is 0 Å². The second-order valence-electron chi connectivity index (χ2n) is 7.19. The highest BCUT2D eigenvalue weighted by molar-refractivity contribution is 6.30. The van der Waals surface area contributed by atoms with Gasteiger partial charge in [0.15, 0.2) is 6.04 Å². The van der Waals surface area contributed by atoms with Gasteiger partial charge in [-0.15, -0.1) is 0 Å². The second-order valence-corrected chi connectivity index (χ2v) is 7.62. The van der Waals surface area contributed by atoms with Crippen LogP contribution in [0.1, 0.15) is 12.0 Å². The van der Waals surface area contributed by atoms with Crippen LogP contribution in [-0.2, 0) is 16.1 Å². The van der Waals surface area contributed by atoms with Crippen molar-refractivity contribution in [2.45, 2.75) is 19.0 Å². The highest BCUT2D eigenvalue weighted by Crippen LogP contribution is 2.20. The van der Waals surface area contributed by atoms with Gasteiger partial charge in [0.25, 0.3) is 5.91 Å². The Morgan fingerprint density at radius 2 is 1.74 bits per heavy atom. The number of hydrogen-bond acceptors (Lipinski definition) is 3. The molecule has 6 heteroatoms. The van der Waals surface area contributed by atoms with E-state index in [-0.39, 0.29) is 17.9 Å². The Kier molecular flexibility index (Phi) is 5.14. The lowest BCUT2D eigenvalue weighted by Gasteiger charge is -2.35. The van der Waals surface area contributed by atoms with Crippen LogP contribution in [0, 0.1) is 0 Å². The Hall–Kier alpha value is -2.37. The number of anilines is 1. The third kappa shape index (κ3) is 3.84. The molecule has 5 nitrogen and oxygen atoms in total. The number of amides is 2. The van der Waals surface area contributed by atoms with Gasteiger partial charge in [-0.1, -0.05) is 48.0 Å². The van der Waals surface area contributed by atoms with Crippen molar-refractivity contribution >= 4 is 29.1 Å². The fourth-order valence-corrected chi connectivity index (χ4v) is 4.19. The normalized spacial score (nSPS) is 21.1. The zero-order chi connectivity index (χ0) is 18.8. The quantitative estimate of drug-likeness (QED) is 0.810. The molecule has 2 heterocycles. The summed E-state index contributed by atoms with van der Waals surface area (Å²) in [6.45, 7) is 3.76. The summed E-state index contributed by atoms with van der Waals surface area (Å²) in [6, 6.07) is 17.3. The third-order valence-corrected chi connectivity index (χ3v) is 5.73. The number of likely N-dealkylation sites (tertiary alicyclic amines) is 1. The van der Waals surface area contributed by atoms with E-state index in [0.29, 0.717) is 13.0 Å². The summed E-state index contributed by atoms with van der Waals surface area (Å²) in [4.78, 5) is 30.2. The largest absolute Gasteiger partial charge is 0.360 e. The standard InChI is InChI=1S/C21H22ClN3O2/c22-17-7-4-8-18(13-17)23-9-11-24(12-10-23)19-14-20(26)25(21(19)27)15-16-5-2-1-3-6-16/h1-8,13,19H,9-12,14-15H2/p+1/t19-/m1/s1. The maximum atomic E-state index is 12.9. The first-order chi connectivity index (χ1) is 13.1. The van der Waals surface area contributed by atoms with Crippen molar-refractivity contribution in [1.82, 2.24) is 4.90 Å². The van der Waals surface area contributed by atoms with E-state index >= 15 is 0 Å². The minimum atomic E-state index is -0.247. The fourth-order valence-electron chi connectivity index (χ4n) is 4.01. The molecule has 2 amide bonds. The Morgan fingerprint density at radius 3 is 2.44 bits per heavy atom. The first-order valence-electron chi connectivity index (χ1n) is 9.35. The Labute approximate surface area is 164 Å². The maximum absolute atomic E-state index is 12.9. The number of nitrogens with one attached hydrogen (secondary N) is 1. The first-order valence-corrected chi connectivity index (χ1v) is 9.73. The van der Waals surface area contributed by atoms with Crippen molar-refractivity contribution in [3.8, 4) is 0 Å². The van der Waals surface area contributed by atoms with Crippen molar-refractivity contribution in [3.63, 3.8) is 0 Å². The molecule has 140 valence electrons. The van der Waals surface area contributed by atoms with Gasteiger partial charge in [0.05, 0.1) is 39.1 Å². The molecule has 2 aliphatic heterocycles. The highest BCUT2D eigenvalue weighted by Gasteiger charge is 2.45. The number of quaternary nitrogens is 1. The van der Waals surface area contributed by atoms with E-state index < -0.39 is 0 Å². The molecule has 0 aromatic heterocycles. The average Bonchev–Trinajstić information content (AvgIpc) is 2.97. The van der Waals surface area contributed by atoms with Gasteiger partial charge in [-0.2, -0.15) is 0 Å². The molecule has 2 saturated heterocycles. The summed E-state index contributed by atoms with van der Waals surface area (Å²) in [7, 11) is 0. The Morgan fingerprint density at radius 1 is 1.00 bits per heavy atom. The summed E-state index contributed by atoms with van der Waals surface area (Å²) in [5, 5.41) is 0.732. The molecule has 0 saturated carbocycles. The van der Waals surface area contributed by atoms with E-state index in [1.54, 1.807) is 0 Å². The monoisotopic (exact) mass is 384 g/mol. The number of benzene rings is 2. The van der Waals surface area contributed by atoms with Crippen molar-refractivity contribution in [2.75, 3.05) is 31.1 Å². The average molecular weight is 385 g/mol. The molecule has 2 aromatic carbocycles. The highest BCUT2D eigenvalue weighted by atomic mass is 35.5. The van der Waals surface area contributed by atoms with Crippen LogP contribution in [0.2, 0.25) is 5.02 Å². The molecule has 0 bridgehead atoms. The second kappa shape index (κ2) is 7.71. The van der Waals surface area contributed by atoms with E-state index in [2.05, 4.69) is 11.0 Å². The van der Waals surface area contributed by atoms with E-state index in [0.717, 1.165) is 42.5 Å². The molecule has 0 unspecified atom stereocenters. The van der Waals surface area contributed by atoms with Crippen molar-refractivity contribution in [1.29, 1.82) is 0 Å².